The summed E-state index contributed by atoms with van der Waals surface area (Å²) in [5.74, 6) is 0.192. The first-order valence-corrected chi connectivity index (χ1v) is 13.7. The molecule has 8 nitrogen and oxygen atoms in total. The number of carbonyl (C=O) groups is 2. The van der Waals surface area contributed by atoms with Crippen molar-refractivity contribution in [1.29, 1.82) is 0 Å². The quantitative estimate of drug-likeness (QED) is 0.425. The molecule has 0 aromatic heterocycles. The Morgan fingerprint density at radius 2 is 1.62 bits per heavy atom. The Balaban J connectivity index is 0.000000346. The van der Waals surface area contributed by atoms with Crippen LogP contribution in [-0.4, -0.2) is 90.9 Å². The summed E-state index contributed by atoms with van der Waals surface area (Å²) in [6.45, 7) is 7.12. The van der Waals surface area contributed by atoms with Crippen LogP contribution >= 0.6 is 23.2 Å². The lowest BCUT2D eigenvalue weighted by Crippen LogP contribution is -2.50. The Labute approximate surface area is 240 Å². The van der Waals surface area contributed by atoms with Crippen molar-refractivity contribution >= 4 is 35.0 Å². The number of hydrogen-bond acceptors (Lipinski definition) is 6. The minimum Gasteiger partial charge on any atom is -0.394 e. The molecule has 1 aliphatic heterocycles. The van der Waals surface area contributed by atoms with Gasteiger partial charge in [0.15, 0.2) is 0 Å². The molecule has 1 atom stereocenters. The van der Waals surface area contributed by atoms with E-state index in [1.807, 2.05) is 26.1 Å². The molecule has 5 N–H and O–H groups in total. The summed E-state index contributed by atoms with van der Waals surface area (Å²) in [6.07, 6.45) is 2.01. The highest BCUT2D eigenvalue weighted by atomic mass is 35.5. The van der Waals surface area contributed by atoms with Gasteiger partial charge in [-0.1, -0.05) is 42.3 Å². The predicted molar refractivity (Wildman–Crippen MR) is 155 cm³/mol. The minimum atomic E-state index is -0.560. The molecular formula is C28H41Cl2FN4O4. The predicted octanol–water partition coefficient (Wildman–Crippen LogP) is 3.52. The highest BCUT2D eigenvalue weighted by molar-refractivity contribution is 6.42. The molecule has 0 spiro atoms. The van der Waals surface area contributed by atoms with E-state index < -0.39 is 6.10 Å². The normalized spacial score (nSPS) is 15.4. The highest BCUT2D eigenvalue weighted by Gasteiger charge is 2.23. The van der Waals surface area contributed by atoms with Gasteiger partial charge in [0.25, 0.3) is 5.91 Å². The molecule has 11 heteroatoms. The fraction of sp³-hybridized carbons (Fsp3) is 0.500. The third-order valence-corrected chi connectivity index (χ3v) is 6.36. The zero-order valence-electron chi connectivity index (χ0n) is 22.9. The van der Waals surface area contributed by atoms with E-state index in [1.54, 1.807) is 17.0 Å². The van der Waals surface area contributed by atoms with Crippen LogP contribution in [0.1, 0.15) is 48.5 Å². The zero-order chi connectivity index (χ0) is 29.4. The van der Waals surface area contributed by atoms with Gasteiger partial charge in [0.2, 0.25) is 5.91 Å². The van der Waals surface area contributed by atoms with E-state index in [0.29, 0.717) is 28.7 Å². The maximum Gasteiger partial charge on any atom is 0.251 e. The number of hydrogen-bond donors (Lipinski definition) is 4. The lowest BCUT2D eigenvalue weighted by molar-refractivity contribution is -0.131. The van der Waals surface area contributed by atoms with Crippen LogP contribution in [-0.2, 0) is 4.79 Å². The molecule has 1 heterocycles. The van der Waals surface area contributed by atoms with E-state index in [-0.39, 0.29) is 30.8 Å². The van der Waals surface area contributed by atoms with Crippen molar-refractivity contribution in [2.24, 2.45) is 5.73 Å². The molecule has 2 amide bonds. The van der Waals surface area contributed by atoms with E-state index in [0.717, 1.165) is 25.6 Å². The second-order valence-corrected chi connectivity index (χ2v) is 10.1. The highest BCUT2D eigenvalue weighted by Crippen LogP contribution is 2.39. The van der Waals surface area contributed by atoms with Crippen molar-refractivity contribution in [2.45, 2.75) is 38.7 Å². The van der Waals surface area contributed by atoms with Gasteiger partial charge in [-0.3, -0.25) is 9.59 Å². The first kappa shape index (κ1) is 34.8. The summed E-state index contributed by atoms with van der Waals surface area (Å²) in [5, 5.41) is 19.3. The summed E-state index contributed by atoms with van der Waals surface area (Å²) < 4.78 is 12.4. The molecule has 0 radical (unpaired) electrons. The second-order valence-electron chi connectivity index (χ2n) is 9.26. The van der Waals surface area contributed by atoms with Crippen LogP contribution in [0.25, 0.3) is 0 Å². The number of carbonyl (C=O) groups excluding carboxylic acids is 2. The summed E-state index contributed by atoms with van der Waals surface area (Å²) in [4.78, 5) is 27.9. The monoisotopic (exact) mass is 586 g/mol. The topological polar surface area (TPSA) is 119 Å². The molecule has 218 valence electrons. The molecule has 2 aromatic carbocycles. The zero-order valence-corrected chi connectivity index (χ0v) is 24.4. The van der Waals surface area contributed by atoms with Gasteiger partial charge in [0.05, 0.1) is 29.3 Å². The molecule has 0 bridgehead atoms. The standard InChI is InChI=1S/C14H17Cl2N3O2.C9H9F.C3H8O2.C2H7N/c1-18-4-6-19(7-5-18)13(20)9-17-14(21)10-2-3-11(15)12(16)8-10;10-9-5-3-8(4-6-9)7-1-2-7;1-3(5)2-4;1-2-3/h2-3,8H,4-7,9H2,1H3,(H,17,21);3-7H,1-2H2;3-5H,2H2,1H3;2-3H2,1H3. The SMILES string of the molecule is CC(O)CO.CCN.CN1CCN(C(=O)CNC(=O)c2ccc(Cl)c(Cl)c2)CC1.Fc1ccc(C2CC2)cc1. The summed E-state index contributed by atoms with van der Waals surface area (Å²) >= 11 is 11.7. The number of aliphatic hydroxyl groups is 2. The van der Waals surface area contributed by atoms with Crippen LogP contribution < -0.4 is 11.1 Å². The van der Waals surface area contributed by atoms with Crippen molar-refractivity contribution in [1.82, 2.24) is 15.1 Å². The molecule has 1 saturated carbocycles. The van der Waals surface area contributed by atoms with Crippen LogP contribution in [0.4, 0.5) is 4.39 Å². The smallest absolute Gasteiger partial charge is 0.251 e. The molecule has 2 fully saturated rings. The van der Waals surface area contributed by atoms with Gasteiger partial charge < -0.3 is 31.1 Å². The van der Waals surface area contributed by atoms with Crippen molar-refractivity contribution in [3.8, 4) is 0 Å². The first-order valence-electron chi connectivity index (χ1n) is 13.0. The number of benzene rings is 2. The van der Waals surface area contributed by atoms with Gasteiger partial charge in [-0.05, 0) is 75.2 Å². The van der Waals surface area contributed by atoms with E-state index in [2.05, 4.69) is 10.2 Å². The summed E-state index contributed by atoms with van der Waals surface area (Å²) in [5.41, 5.74) is 6.52. The van der Waals surface area contributed by atoms with Crippen molar-refractivity contribution < 1.29 is 24.2 Å². The molecule has 1 unspecified atom stereocenters. The van der Waals surface area contributed by atoms with Crippen molar-refractivity contribution in [3.05, 3.63) is 69.5 Å². The van der Waals surface area contributed by atoms with E-state index in [1.165, 1.54) is 43.5 Å². The van der Waals surface area contributed by atoms with Crippen LogP contribution in [0.5, 0.6) is 0 Å². The maximum atomic E-state index is 12.4. The number of nitrogens with zero attached hydrogens (tertiary/aromatic N) is 2. The van der Waals surface area contributed by atoms with Gasteiger partial charge in [0, 0.05) is 31.7 Å². The molecule has 39 heavy (non-hydrogen) atoms. The summed E-state index contributed by atoms with van der Waals surface area (Å²) in [7, 11) is 2.02. The van der Waals surface area contributed by atoms with Crippen LogP contribution in [0.3, 0.4) is 0 Å². The van der Waals surface area contributed by atoms with Gasteiger partial charge >= 0.3 is 0 Å². The third-order valence-electron chi connectivity index (χ3n) is 5.62. The van der Waals surface area contributed by atoms with Crippen LogP contribution in [0.2, 0.25) is 10.0 Å². The Hall–Kier alpha value is -2.27. The molecule has 1 aliphatic carbocycles. The number of piperazine rings is 1. The summed E-state index contributed by atoms with van der Waals surface area (Å²) in [6, 6.07) is 11.5. The number of amides is 2. The largest absolute Gasteiger partial charge is 0.394 e. The maximum absolute atomic E-state index is 12.4. The Morgan fingerprint density at radius 3 is 2.08 bits per heavy atom. The van der Waals surface area contributed by atoms with Crippen molar-refractivity contribution in [2.75, 3.05) is 52.9 Å². The molecule has 1 saturated heterocycles. The van der Waals surface area contributed by atoms with E-state index in [4.69, 9.17) is 39.1 Å². The molecular weight excluding hydrogens is 546 g/mol. The lowest BCUT2D eigenvalue weighted by Gasteiger charge is -2.32. The Kier molecular flexibility index (Phi) is 16.9. The molecule has 2 aromatic rings. The second kappa shape index (κ2) is 18.9. The number of nitrogens with two attached hydrogens (primary N) is 1. The molecule has 2 aliphatic rings. The number of nitrogens with one attached hydrogen (secondary N) is 1. The van der Waals surface area contributed by atoms with Gasteiger partial charge in [0.1, 0.15) is 5.82 Å². The van der Waals surface area contributed by atoms with E-state index >= 15 is 0 Å². The first-order chi connectivity index (χ1) is 18.5. The Morgan fingerprint density at radius 1 is 1.08 bits per heavy atom. The number of halogens is 3. The average molecular weight is 588 g/mol. The fourth-order valence-electron chi connectivity index (χ4n) is 3.21. The van der Waals surface area contributed by atoms with Gasteiger partial charge in [-0.25, -0.2) is 4.39 Å². The van der Waals surface area contributed by atoms with Crippen molar-refractivity contribution in [3.63, 3.8) is 0 Å². The van der Waals surface area contributed by atoms with E-state index in [9.17, 15) is 14.0 Å². The van der Waals surface area contributed by atoms with Crippen LogP contribution in [0.15, 0.2) is 42.5 Å². The molecule has 4 rings (SSSR count). The number of rotatable bonds is 5. The minimum absolute atomic E-state index is 0.0111. The fourth-order valence-corrected chi connectivity index (χ4v) is 3.51. The third kappa shape index (κ3) is 14.6. The Bertz CT molecular complexity index is 1000. The lowest BCUT2D eigenvalue weighted by atomic mass is 10.1. The van der Waals surface area contributed by atoms with Gasteiger partial charge in [-0.15, -0.1) is 0 Å². The number of aliphatic hydroxyl groups excluding tert-OH is 2. The van der Waals surface area contributed by atoms with Crippen LogP contribution in [0, 0.1) is 5.82 Å². The number of likely N-dealkylation sites (N-methyl/N-ethyl adjacent to an activating group) is 1. The average Bonchev–Trinajstić information content (AvgIpc) is 3.76. The van der Waals surface area contributed by atoms with Gasteiger partial charge in [-0.2, -0.15) is 0 Å².